The van der Waals surface area contributed by atoms with Crippen LogP contribution in [0.3, 0.4) is 0 Å². The van der Waals surface area contributed by atoms with Gasteiger partial charge in [0.1, 0.15) is 12.7 Å². The van der Waals surface area contributed by atoms with Crippen LogP contribution in [0.25, 0.3) is 0 Å². The van der Waals surface area contributed by atoms with Crippen molar-refractivity contribution in [2.45, 2.75) is 57.5 Å². The Kier molecular flexibility index (Phi) is 8.16. The zero-order chi connectivity index (χ0) is 15.5. The fourth-order valence-electron chi connectivity index (χ4n) is 2.16. The summed E-state index contributed by atoms with van der Waals surface area (Å²) in [6, 6.07) is 0. The lowest BCUT2D eigenvalue weighted by Gasteiger charge is -2.19. The molecule has 118 valence electrons. The highest BCUT2D eigenvalue weighted by molar-refractivity contribution is 5.91. The van der Waals surface area contributed by atoms with Crippen LogP contribution in [-0.4, -0.2) is 35.7 Å². The average molecular weight is 298 g/mol. The van der Waals surface area contributed by atoms with E-state index in [0.29, 0.717) is 0 Å². The summed E-state index contributed by atoms with van der Waals surface area (Å²) < 4.78 is 9.91. The van der Waals surface area contributed by atoms with Crippen LogP contribution < -0.4 is 0 Å². The fourth-order valence-corrected chi connectivity index (χ4v) is 2.16. The average Bonchev–Trinajstić information content (AvgIpc) is 2.39. The van der Waals surface area contributed by atoms with Gasteiger partial charge in [0.2, 0.25) is 0 Å². The topological polar surface area (TPSA) is 89.9 Å². The Balaban J connectivity index is 2.25. The van der Waals surface area contributed by atoms with Crippen molar-refractivity contribution in [2.24, 2.45) is 0 Å². The van der Waals surface area contributed by atoms with E-state index >= 15 is 0 Å². The minimum atomic E-state index is -1.05. The predicted molar refractivity (Wildman–Crippen MR) is 74.6 cm³/mol. The minimum Gasteiger partial charge on any atom is -0.481 e. The number of aliphatic carboxylic acids is 1. The molecule has 1 rings (SSSR count). The molecule has 6 heteroatoms. The molecule has 0 unspecified atom stereocenters. The highest BCUT2D eigenvalue weighted by Crippen LogP contribution is 2.19. The van der Waals surface area contributed by atoms with Gasteiger partial charge in [-0.3, -0.25) is 4.79 Å². The fraction of sp³-hybridized carbons (Fsp3) is 0.667. The molecule has 0 heterocycles. The van der Waals surface area contributed by atoms with Crippen LogP contribution in [0, 0.1) is 0 Å². The van der Waals surface area contributed by atoms with Crippen molar-refractivity contribution in [3.05, 3.63) is 12.2 Å². The second-order valence-electron chi connectivity index (χ2n) is 5.05. The third-order valence-corrected chi connectivity index (χ3v) is 3.25. The van der Waals surface area contributed by atoms with Crippen molar-refractivity contribution in [3.63, 3.8) is 0 Å². The minimum absolute atomic E-state index is 0.0783. The van der Waals surface area contributed by atoms with Crippen LogP contribution in [0.5, 0.6) is 0 Å². The molecule has 0 bridgehead atoms. The molecule has 0 aliphatic heterocycles. The summed E-state index contributed by atoms with van der Waals surface area (Å²) in [4.78, 5) is 33.0. The van der Waals surface area contributed by atoms with Gasteiger partial charge in [-0.2, -0.15) is 0 Å². The number of ether oxygens (including phenoxy) is 2. The number of rotatable bonds is 6. The number of carboxylic acid groups (broad SMARTS) is 1. The quantitative estimate of drug-likeness (QED) is 0.597. The molecule has 1 aliphatic rings. The third-order valence-electron chi connectivity index (χ3n) is 3.25. The lowest BCUT2D eigenvalue weighted by atomic mass is 9.99. The maximum atomic E-state index is 11.6. The van der Waals surface area contributed by atoms with Gasteiger partial charge in [-0.05, 0) is 25.7 Å². The Morgan fingerprint density at radius 2 is 1.52 bits per heavy atom. The van der Waals surface area contributed by atoms with Crippen LogP contribution in [0.4, 0.5) is 0 Å². The van der Waals surface area contributed by atoms with E-state index in [2.05, 4.69) is 4.74 Å². The molecule has 0 saturated heterocycles. The normalized spacial score (nSPS) is 17.0. The SMILES string of the molecule is O=C(O)CCOC(=O)/C=C/C(=O)OC1CCCCCCC1. The first-order chi connectivity index (χ1) is 10.1. The van der Waals surface area contributed by atoms with E-state index in [9.17, 15) is 14.4 Å². The summed E-state index contributed by atoms with van der Waals surface area (Å²) in [7, 11) is 0. The number of carbonyl (C=O) groups excluding carboxylic acids is 2. The van der Waals surface area contributed by atoms with E-state index in [4.69, 9.17) is 9.84 Å². The molecule has 6 nitrogen and oxygen atoms in total. The monoisotopic (exact) mass is 298 g/mol. The summed E-state index contributed by atoms with van der Waals surface area (Å²) in [5, 5.41) is 8.39. The maximum Gasteiger partial charge on any atom is 0.331 e. The highest BCUT2D eigenvalue weighted by atomic mass is 16.5. The van der Waals surface area contributed by atoms with E-state index in [-0.39, 0.29) is 19.1 Å². The lowest BCUT2D eigenvalue weighted by molar-refractivity contribution is -0.146. The Hall–Kier alpha value is -1.85. The van der Waals surface area contributed by atoms with Gasteiger partial charge in [0, 0.05) is 12.2 Å². The van der Waals surface area contributed by atoms with Gasteiger partial charge >= 0.3 is 17.9 Å². The summed E-state index contributed by atoms with van der Waals surface area (Å²) in [5.41, 5.74) is 0. The summed E-state index contributed by atoms with van der Waals surface area (Å²) >= 11 is 0. The molecule has 1 N–H and O–H groups in total. The third kappa shape index (κ3) is 8.83. The first-order valence-electron chi connectivity index (χ1n) is 7.35. The van der Waals surface area contributed by atoms with E-state index in [1.807, 2.05) is 0 Å². The number of hydrogen-bond donors (Lipinski definition) is 1. The molecular weight excluding hydrogens is 276 g/mol. The van der Waals surface area contributed by atoms with Crippen LogP contribution in [-0.2, 0) is 23.9 Å². The van der Waals surface area contributed by atoms with Crippen molar-refractivity contribution in [3.8, 4) is 0 Å². The highest BCUT2D eigenvalue weighted by Gasteiger charge is 2.14. The van der Waals surface area contributed by atoms with E-state index < -0.39 is 17.9 Å². The number of carbonyl (C=O) groups is 3. The Morgan fingerprint density at radius 1 is 0.952 bits per heavy atom. The largest absolute Gasteiger partial charge is 0.481 e. The van der Waals surface area contributed by atoms with Gasteiger partial charge in [0.05, 0.1) is 6.42 Å². The van der Waals surface area contributed by atoms with E-state index in [1.165, 1.54) is 19.3 Å². The molecule has 0 spiro atoms. The molecule has 1 aliphatic carbocycles. The molecule has 0 aromatic heterocycles. The van der Waals surface area contributed by atoms with Crippen molar-refractivity contribution < 1.29 is 29.0 Å². The standard InChI is InChI=1S/C15H22O6/c16-13(17)10-11-20-14(18)8-9-15(19)21-12-6-4-2-1-3-5-7-12/h8-9,12H,1-7,10-11H2,(H,16,17)/b9-8+. The van der Waals surface area contributed by atoms with Gasteiger partial charge in [0.25, 0.3) is 0 Å². The Labute approximate surface area is 124 Å². The molecule has 1 fully saturated rings. The Morgan fingerprint density at radius 3 is 2.14 bits per heavy atom. The molecule has 0 aromatic carbocycles. The first kappa shape index (κ1) is 17.2. The molecule has 1 saturated carbocycles. The van der Waals surface area contributed by atoms with Crippen molar-refractivity contribution >= 4 is 17.9 Å². The van der Waals surface area contributed by atoms with E-state index in [1.54, 1.807) is 0 Å². The number of esters is 2. The lowest BCUT2D eigenvalue weighted by Crippen LogP contribution is -2.18. The molecule has 0 atom stereocenters. The molecular formula is C15H22O6. The van der Waals surface area contributed by atoms with Crippen molar-refractivity contribution in [1.82, 2.24) is 0 Å². The summed E-state index contributed by atoms with van der Waals surface area (Å²) in [6.07, 6.45) is 9.07. The van der Waals surface area contributed by atoms with Gasteiger partial charge in [-0.15, -0.1) is 0 Å². The summed E-state index contributed by atoms with van der Waals surface area (Å²) in [5.74, 6) is -2.35. The van der Waals surface area contributed by atoms with Gasteiger partial charge in [-0.1, -0.05) is 19.3 Å². The van der Waals surface area contributed by atoms with Crippen LogP contribution in [0.1, 0.15) is 51.4 Å². The maximum absolute atomic E-state index is 11.6. The van der Waals surface area contributed by atoms with Crippen LogP contribution >= 0.6 is 0 Å². The van der Waals surface area contributed by atoms with Crippen molar-refractivity contribution in [2.75, 3.05) is 6.61 Å². The number of hydrogen-bond acceptors (Lipinski definition) is 5. The summed E-state index contributed by atoms with van der Waals surface area (Å²) in [6.45, 7) is -0.212. The first-order valence-corrected chi connectivity index (χ1v) is 7.35. The Bertz CT molecular complexity index is 380. The zero-order valence-corrected chi connectivity index (χ0v) is 12.1. The van der Waals surface area contributed by atoms with Gasteiger partial charge in [0.15, 0.2) is 0 Å². The van der Waals surface area contributed by atoms with Gasteiger partial charge in [-0.25, -0.2) is 9.59 Å². The molecule has 21 heavy (non-hydrogen) atoms. The van der Waals surface area contributed by atoms with Crippen molar-refractivity contribution in [1.29, 1.82) is 0 Å². The molecule has 0 aromatic rings. The second-order valence-corrected chi connectivity index (χ2v) is 5.05. The van der Waals surface area contributed by atoms with Crippen LogP contribution in [0.15, 0.2) is 12.2 Å². The van der Waals surface area contributed by atoms with E-state index in [0.717, 1.165) is 37.8 Å². The smallest absolute Gasteiger partial charge is 0.331 e. The second kappa shape index (κ2) is 9.96. The molecule has 0 radical (unpaired) electrons. The van der Waals surface area contributed by atoms with Crippen LogP contribution in [0.2, 0.25) is 0 Å². The predicted octanol–water partition coefficient (Wildman–Crippen LogP) is 2.22. The molecule has 0 amide bonds. The van der Waals surface area contributed by atoms with Gasteiger partial charge < -0.3 is 14.6 Å². The zero-order valence-electron chi connectivity index (χ0n) is 12.1. The number of carboxylic acids is 1.